The Morgan fingerprint density at radius 3 is 2.38 bits per heavy atom. The zero-order valence-corrected chi connectivity index (χ0v) is 16.5. The molecule has 0 radical (unpaired) electrons. The number of nitro benzene ring substituents is 1. The SMILES string of the molecule is Cc1ccc(SCC(=O)NN2C(=O)N[C@@](C)(c3ccc([N+](=O)[O-])cc3)C2=O)cc1. The molecule has 1 aliphatic rings. The van der Waals surface area contributed by atoms with Crippen LogP contribution in [0.1, 0.15) is 18.1 Å². The predicted octanol–water partition coefficient (Wildman–Crippen LogP) is 2.49. The normalized spacial score (nSPS) is 18.5. The molecule has 1 saturated heterocycles. The van der Waals surface area contributed by atoms with Crippen molar-refractivity contribution in [3.63, 3.8) is 0 Å². The number of urea groups is 1. The number of amides is 4. The van der Waals surface area contributed by atoms with Crippen molar-refractivity contribution in [2.45, 2.75) is 24.3 Å². The number of benzene rings is 2. The monoisotopic (exact) mass is 414 g/mol. The number of nitrogens with zero attached hydrogens (tertiary/aromatic N) is 2. The third-order valence-electron chi connectivity index (χ3n) is 4.47. The zero-order valence-electron chi connectivity index (χ0n) is 15.7. The highest BCUT2D eigenvalue weighted by atomic mass is 32.2. The highest BCUT2D eigenvalue weighted by Gasteiger charge is 2.50. The minimum atomic E-state index is -1.44. The zero-order chi connectivity index (χ0) is 21.2. The van der Waals surface area contributed by atoms with Crippen molar-refractivity contribution in [1.82, 2.24) is 15.8 Å². The first-order chi connectivity index (χ1) is 13.7. The maximum Gasteiger partial charge on any atom is 0.344 e. The third-order valence-corrected chi connectivity index (χ3v) is 5.49. The van der Waals surface area contributed by atoms with Gasteiger partial charge in [-0.15, -0.1) is 11.8 Å². The van der Waals surface area contributed by atoms with Gasteiger partial charge < -0.3 is 5.32 Å². The van der Waals surface area contributed by atoms with Gasteiger partial charge in [0.1, 0.15) is 5.54 Å². The molecule has 1 heterocycles. The van der Waals surface area contributed by atoms with Crippen LogP contribution in [-0.2, 0) is 15.1 Å². The molecule has 0 spiro atoms. The lowest BCUT2D eigenvalue weighted by atomic mass is 9.92. The van der Waals surface area contributed by atoms with Gasteiger partial charge in [-0.2, -0.15) is 5.01 Å². The summed E-state index contributed by atoms with van der Waals surface area (Å²) < 4.78 is 0. The van der Waals surface area contributed by atoms with Gasteiger partial charge in [0.15, 0.2) is 0 Å². The number of hydrogen-bond acceptors (Lipinski definition) is 6. The fourth-order valence-electron chi connectivity index (χ4n) is 2.79. The molecule has 0 unspecified atom stereocenters. The van der Waals surface area contributed by atoms with E-state index in [9.17, 15) is 24.5 Å². The summed E-state index contributed by atoms with van der Waals surface area (Å²) in [6, 6.07) is 12.1. The molecule has 4 amide bonds. The van der Waals surface area contributed by atoms with E-state index in [0.717, 1.165) is 10.5 Å². The van der Waals surface area contributed by atoms with Crippen LogP contribution in [0.5, 0.6) is 0 Å². The molecule has 29 heavy (non-hydrogen) atoms. The number of hydrogen-bond donors (Lipinski definition) is 2. The second kappa shape index (κ2) is 7.92. The Morgan fingerprint density at radius 2 is 1.79 bits per heavy atom. The number of rotatable bonds is 6. The van der Waals surface area contributed by atoms with Crippen LogP contribution in [0.4, 0.5) is 10.5 Å². The van der Waals surface area contributed by atoms with E-state index in [-0.39, 0.29) is 11.4 Å². The maximum absolute atomic E-state index is 12.8. The highest BCUT2D eigenvalue weighted by molar-refractivity contribution is 8.00. The molecule has 3 rings (SSSR count). The van der Waals surface area contributed by atoms with Gasteiger partial charge >= 0.3 is 6.03 Å². The first-order valence-corrected chi connectivity index (χ1v) is 9.60. The number of nitro groups is 1. The molecule has 2 N–H and O–H groups in total. The van der Waals surface area contributed by atoms with Crippen molar-refractivity contribution in [3.8, 4) is 0 Å². The average Bonchev–Trinajstić information content (AvgIpc) is 2.91. The van der Waals surface area contributed by atoms with Crippen LogP contribution in [0.3, 0.4) is 0 Å². The minimum absolute atomic E-state index is 0.0222. The Kier molecular flexibility index (Phi) is 5.55. The van der Waals surface area contributed by atoms with Crippen molar-refractivity contribution in [2.75, 3.05) is 5.75 Å². The molecule has 2 aromatic rings. The summed E-state index contributed by atoms with van der Waals surface area (Å²) in [4.78, 5) is 48.4. The van der Waals surface area contributed by atoms with Crippen LogP contribution in [0.25, 0.3) is 0 Å². The van der Waals surface area contributed by atoms with E-state index < -0.39 is 28.3 Å². The third kappa shape index (κ3) is 4.21. The summed E-state index contributed by atoms with van der Waals surface area (Å²) in [5.74, 6) is -1.16. The fraction of sp³-hybridized carbons (Fsp3) is 0.211. The first kappa shape index (κ1) is 20.3. The molecule has 150 valence electrons. The summed E-state index contributed by atoms with van der Waals surface area (Å²) in [6.07, 6.45) is 0. The van der Waals surface area contributed by atoms with Gasteiger partial charge in [0, 0.05) is 17.0 Å². The van der Waals surface area contributed by atoms with Crippen molar-refractivity contribution < 1.29 is 19.3 Å². The van der Waals surface area contributed by atoms with Crippen molar-refractivity contribution in [1.29, 1.82) is 0 Å². The lowest BCUT2D eigenvalue weighted by Gasteiger charge is -2.22. The summed E-state index contributed by atoms with van der Waals surface area (Å²) in [5.41, 5.74) is 2.21. The van der Waals surface area contributed by atoms with E-state index in [1.807, 2.05) is 31.2 Å². The van der Waals surface area contributed by atoms with Gasteiger partial charge in [0.25, 0.3) is 11.6 Å². The van der Waals surface area contributed by atoms with Gasteiger partial charge in [-0.05, 0) is 43.7 Å². The Bertz CT molecular complexity index is 977. The molecule has 9 nitrogen and oxygen atoms in total. The maximum atomic E-state index is 12.8. The van der Waals surface area contributed by atoms with Crippen LogP contribution in [0.2, 0.25) is 0 Å². The number of nitrogens with one attached hydrogen (secondary N) is 2. The Hall–Kier alpha value is -3.40. The molecule has 0 aliphatic carbocycles. The smallest absolute Gasteiger partial charge is 0.318 e. The van der Waals surface area contributed by atoms with Crippen molar-refractivity contribution >= 4 is 35.3 Å². The molecule has 0 aromatic heterocycles. The number of non-ortho nitro benzene ring substituents is 1. The van der Waals surface area contributed by atoms with Crippen LogP contribution in [0.15, 0.2) is 53.4 Å². The molecule has 1 aliphatic heterocycles. The molecule has 10 heteroatoms. The minimum Gasteiger partial charge on any atom is -0.318 e. The molecule has 0 saturated carbocycles. The average molecular weight is 414 g/mol. The van der Waals surface area contributed by atoms with Crippen molar-refractivity contribution in [3.05, 3.63) is 69.8 Å². The Balaban J connectivity index is 1.67. The summed E-state index contributed by atoms with van der Waals surface area (Å²) >= 11 is 1.28. The van der Waals surface area contributed by atoms with E-state index in [1.54, 1.807) is 0 Å². The van der Waals surface area contributed by atoms with Crippen LogP contribution in [-0.4, -0.2) is 33.5 Å². The molecule has 1 atom stereocenters. The second-order valence-corrected chi connectivity index (χ2v) is 7.69. The molecule has 2 aromatic carbocycles. The van der Waals surface area contributed by atoms with Gasteiger partial charge in [-0.1, -0.05) is 17.7 Å². The number of imide groups is 1. The summed E-state index contributed by atoms with van der Waals surface area (Å²) in [7, 11) is 0. The van der Waals surface area contributed by atoms with Crippen molar-refractivity contribution in [2.24, 2.45) is 0 Å². The standard InChI is InChI=1S/C19H18N4O5S/c1-12-3-9-15(10-4-12)29-11-16(24)21-22-17(25)19(2,20-18(22)26)13-5-7-14(8-6-13)23(27)28/h3-10H,11H2,1-2H3,(H,20,26)(H,21,24)/t19-/m0/s1. The number of carbonyl (C=O) groups excluding carboxylic acids is 3. The van der Waals surface area contributed by atoms with Crippen LogP contribution >= 0.6 is 11.8 Å². The highest BCUT2D eigenvalue weighted by Crippen LogP contribution is 2.29. The number of carbonyl (C=O) groups is 3. The second-order valence-electron chi connectivity index (χ2n) is 6.64. The van der Waals surface area contributed by atoms with Gasteiger partial charge in [-0.3, -0.25) is 25.1 Å². The largest absolute Gasteiger partial charge is 0.344 e. The number of aryl methyl sites for hydroxylation is 1. The van der Waals surface area contributed by atoms with Crippen LogP contribution in [0, 0.1) is 17.0 Å². The molecular weight excluding hydrogens is 396 g/mol. The lowest BCUT2D eigenvalue weighted by molar-refractivity contribution is -0.384. The van der Waals surface area contributed by atoms with Gasteiger partial charge in [0.2, 0.25) is 5.91 Å². The molecule has 1 fully saturated rings. The summed E-state index contributed by atoms with van der Waals surface area (Å²) in [6.45, 7) is 3.43. The van der Waals surface area contributed by atoms with E-state index >= 15 is 0 Å². The van der Waals surface area contributed by atoms with Gasteiger partial charge in [0.05, 0.1) is 10.7 Å². The Labute approximate surface area is 170 Å². The fourth-order valence-corrected chi connectivity index (χ4v) is 3.48. The number of hydrazine groups is 1. The first-order valence-electron chi connectivity index (χ1n) is 8.61. The molecule has 0 bridgehead atoms. The lowest BCUT2D eigenvalue weighted by Crippen LogP contribution is -2.48. The summed E-state index contributed by atoms with van der Waals surface area (Å²) in [5, 5.41) is 14.0. The Morgan fingerprint density at radius 1 is 1.17 bits per heavy atom. The van der Waals surface area contributed by atoms with E-state index in [1.165, 1.54) is 43.0 Å². The predicted molar refractivity (Wildman–Crippen MR) is 106 cm³/mol. The molecular formula is C19H18N4O5S. The van der Waals surface area contributed by atoms with Crippen LogP contribution < -0.4 is 10.7 Å². The van der Waals surface area contributed by atoms with E-state index in [2.05, 4.69) is 10.7 Å². The number of thioether (sulfide) groups is 1. The van der Waals surface area contributed by atoms with E-state index in [4.69, 9.17) is 0 Å². The topological polar surface area (TPSA) is 122 Å². The quantitative estimate of drug-likeness (QED) is 0.324. The van der Waals surface area contributed by atoms with E-state index in [0.29, 0.717) is 10.6 Å². The van der Waals surface area contributed by atoms with Gasteiger partial charge in [-0.25, -0.2) is 4.79 Å².